The summed E-state index contributed by atoms with van der Waals surface area (Å²) in [6.07, 6.45) is 5.42. The van der Waals surface area contributed by atoms with Crippen LogP contribution in [0.1, 0.15) is 36.8 Å². The van der Waals surface area contributed by atoms with Gasteiger partial charge in [0.15, 0.2) is 0 Å². The lowest BCUT2D eigenvalue weighted by molar-refractivity contribution is -0.122. The maximum Gasteiger partial charge on any atom is 0.234 e. The number of aryl methyl sites for hydroxylation is 1. The number of carbonyl (C=O) groups is 1. The Kier molecular flexibility index (Phi) is 5.85. The number of halogens is 1. The summed E-state index contributed by atoms with van der Waals surface area (Å²) >= 11 is 0. The molecule has 1 aliphatic carbocycles. The number of nitrogens with one attached hydrogen (secondary N) is 1. The predicted octanol–water partition coefficient (Wildman–Crippen LogP) is 2.31. The van der Waals surface area contributed by atoms with Crippen LogP contribution in [0.25, 0.3) is 0 Å². The number of amides is 1. The molecule has 1 aliphatic heterocycles. The number of hydrogen-bond acceptors (Lipinski definition) is 3. The number of rotatable bonds is 5. The number of nitrogens with zero attached hydrogens (tertiary/aromatic N) is 2. The van der Waals surface area contributed by atoms with Crippen LogP contribution in [-0.4, -0.2) is 54.5 Å². The molecule has 1 amide bonds. The summed E-state index contributed by atoms with van der Waals surface area (Å²) in [6, 6.07) is 5.88. The van der Waals surface area contributed by atoms with Crippen LogP contribution in [0.3, 0.4) is 0 Å². The second-order valence-corrected chi connectivity index (χ2v) is 7.11. The van der Waals surface area contributed by atoms with E-state index in [9.17, 15) is 9.18 Å². The largest absolute Gasteiger partial charge is 0.351 e. The molecule has 0 radical (unpaired) electrons. The second-order valence-electron chi connectivity index (χ2n) is 7.11. The van der Waals surface area contributed by atoms with Gasteiger partial charge in [-0.3, -0.25) is 14.6 Å². The minimum absolute atomic E-state index is 0.0188. The average Bonchev–Trinajstić information content (AvgIpc) is 3.11. The Morgan fingerprint density at radius 2 is 1.92 bits per heavy atom. The quantitative estimate of drug-likeness (QED) is 0.898. The lowest BCUT2D eigenvalue weighted by Gasteiger charge is -2.37. The van der Waals surface area contributed by atoms with Gasteiger partial charge in [-0.25, -0.2) is 4.39 Å². The zero-order valence-electron chi connectivity index (χ0n) is 14.6. The fourth-order valence-corrected chi connectivity index (χ4v) is 3.76. The lowest BCUT2D eigenvalue weighted by Crippen LogP contribution is -2.51. The molecular weight excluding hydrogens is 305 g/mol. The summed E-state index contributed by atoms with van der Waals surface area (Å²) in [5, 5.41) is 2.90. The van der Waals surface area contributed by atoms with E-state index < -0.39 is 0 Å². The van der Waals surface area contributed by atoms with E-state index in [-0.39, 0.29) is 11.7 Å². The number of carbonyl (C=O) groups excluding carboxylic acids is 1. The molecule has 0 spiro atoms. The number of hydrogen-bond donors (Lipinski definition) is 1. The molecule has 132 valence electrons. The van der Waals surface area contributed by atoms with Crippen LogP contribution in [0, 0.1) is 12.7 Å². The van der Waals surface area contributed by atoms with Gasteiger partial charge in [-0.05, 0) is 37.0 Å². The van der Waals surface area contributed by atoms with Crippen molar-refractivity contribution in [3.05, 3.63) is 35.1 Å². The van der Waals surface area contributed by atoms with Crippen LogP contribution in [0.5, 0.6) is 0 Å². The third kappa shape index (κ3) is 4.54. The van der Waals surface area contributed by atoms with Gasteiger partial charge in [-0.2, -0.15) is 0 Å². The Morgan fingerprint density at radius 3 is 2.58 bits per heavy atom. The molecule has 0 atom stereocenters. The molecule has 5 heteroatoms. The van der Waals surface area contributed by atoms with E-state index in [0.717, 1.165) is 37.8 Å². The molecule has 0 bridgehead atoms. The first kappa shape index (κ1) is 17.4. The van der Waals surface area contributed by atoms with Crippen molar-refractivity contribution in [1.29, 1.82) is 0 Å². The first-order valence-electron chi connectivity index (χ1n) is 9.10. The summed E-state index contributed by atoms with van der Waals surface area (Å²) in [7, 11) is 0. The van der Waals surface area contributed by atoms with Crippen LogP contribution in [0.4, 0.5) is 4.39 Å². The Hall–Kier alpha value is -1.46. The maximum absolute atomic E-state index is 13.5. The van der Waals surface area contributed by atoms with Crippen LogP contribution < -0.4 is 5.32 Å². The van der Waals surface area contributed by atoms with Gasteiger partial charge in [0.1, 0.15) is 5.82 Å². The standard InChI is InChI=1S/C19H28FN3O/c1-15-6-7-16(12-18(15)20)13-21-19(24)14-22-8-10-23(11-9-22)17-4-2-3-5-17/h6-7,12,17H,2-5,8-11,13-14H2,1H3,(H,21,24). The third-order valence-electron chi connectivity index (χ3n) is 5.34. The summed E-state index contributed by atoms with van der Waals surface area (Å²) < 4.78 is 13.5. The van der Waals surface area contributed by atoms with Crippen molar-refractivity contribution in [3.63, 3.8) is 0 Å². The molecule has 24 heavy (non-hydrogen) atoms. The fraction of sp³-hybridized carbons (Fsp3) is 0.632. The SMILES string of the molecule is Cc1ccc(CNC(=O)CN2CCN(C3CCCC3)CC2)cc1F. The maximum atomic E-state index is 13.5. The summed E-state index contributed by atoms with van der Waals surface area (Å²) in [4.78, 5) is 16.9. The molecular formula is C19H28FN3O. The minimum atomic E-state index is -0.218. The van der Waals surface area contributed by atoms with Gasteiger partial charge in [0, 0.05) is 38.8 Å². The molecule has 4 nitrogen and oxygen atoms in total. The summed E-state index contributed by atoms with van der Waals surface area (Å²) in [5.74, 6) is -0.199. The molecule has 1 heterocycles. The Bertz CT molecular complexity index is 564. The van der Waals surface area contributed by atoms with Crippen LogP contribution in [-0.2, 0) is 11.3 Å². The van der Waals surface area contributed by atoms with Gasteiger partial charge in [-0.15, -0.1) is 0 Å². The Morgan fingerprint density at radius 1 is 1.21 bits per heavy atom. The molecule has 2 aliphatic rings. The van der Waals surface area contributed by atoms with E-state index in [2.05, 4.69) is 15.1 Å². The highest BCUT2D eigenvalue weighted by molar-refractivity contribution is 5.78. The minimum Gasteiger partial charge on any atom is -0.351 e. The van der Waals surface area contributed by atoms with E-state index in [1.54, 1.807) is 13.0 Å². The van der Waals surface area contributed by atoms with Crippen molar-refractivity contribution in [1.82, 2.24) is 15.1 Å². The zero-order valence-corrected chi connectivity index (χ0v) is 14.6. The molecule has 1 aromatic rings. The van der Waals surface area contributed by atoms with Crippen molar-refractivity contribution in [2.75, 3.05) is 32.7 Å². The highest BCUT2D eigenvalue weighted by Crippen LogP contribution is 2.24. The van der Waals surface area contributed by atoms with Gasteiger partial charge in [-0.1, -0.05) is 25.0 Å². The van der Waals surface area contributed by atoms with Crippen molar-refractivity contribution in [2.45, 2.75) is 45.2 Å². The van der Waals surface area contributed by atoms with Gasteiger partial charge in [0.2, 0.25) is 5.91 Å². The fourth-order valence-electron chi connectivity index (χ4n) is 3.76. The smallest absolute Gasteiger partial charge is 0.234 e. The lowest BCUT2D eigenvalue weighted by atomic mass is 10.1. The van der Waals surface area contributed by atoms with E-state index in [1.165, 1.54) is 31.7 Å². The van der Waals surface area contributed by atoms with Gasteiger partial charge in [0.25, 0.3) is 0 Å². The van der Waals surface area contributed by atoms with E-state index in [1.807, 2.05) is 6.07 Å². The van der Waals surface area contributed by atoms with Crippen molar-refractivity contribution >= 4 is 5.91 Å². The second kappa shape index (κ2) is 8.08. The normalized spacial score (nSPS) is 20.4. The molecule has 1 saturated carbocycles. The topological polar surface area (TPSA) is 35.6 Å². The van der Waals surface area contributed by atoms with Gasteiger partial charge in [0.05, 0.1) is 6.54 Å². The Balaban J connectivity index is 1.38. The van der Waals surface area contributed by atoms with Gasteiger partial charge >= 0.3 is 0 Å². The Labute approximate surface area is 144 Å². The average molecular weight is 333 g/mol. The molecule has 0 aromatic heterocycles. The van der Waals surface area contributed by atoms with Crippen molar-refractivity contribution in [2.24, 2.45) is 0 Å². The number of benzene rings is 1. The summed E-state index contributed by atoms with van der Waals surface area (Å²) in [6.45, 7) is 6.63. The van der Waals surface area contributed by atoms with Crippen LogP contribution >= 0.6 is 0 Å². The third-order valence-corrected chi connectivity index (χ3v) is 5.34. The molecule has 1 N–H and O–H groups in total. The van der Waals surface area contributed by atoms with Gasteiger partial charge < -0.3 is 5.32 Å². The molecule has 1 aromatic carbocycles. The predicted molar refractivity (Wildman–Crippen MR) is 93.3 cm³/mol. The highest BCUT2D eigenvalue weighted by atomic mass is 19.1. The van der Waals surface area contributed by atoms with Crippen LogP contribution in [0.15, 0.2) is 18.2 Å². The first-order valence-corrected chi connectivity index (χ1v) is 9.10. The summed E-state index contributed by atoms with van der Waals surface area (Å²) in [5.41, 5.74) is 1.43. The molecule has 3 rings (SSSR count). The molecule has 2 fully saturated rings. The first-order chi connectivity index (χ1) is 11.6. The van der Waals surface area contributed by atoms with E-state index >= 15 is 0 Å². The van der Waals surface area contributed by atoms with Crippen LogP contribution in [0.2, 0.25) is 0 Å². The monoisotopic (exact) mass is 333 g/mol. The molecule has 0 unspecified atom stereocenters. The van der Waals surface area contributed by atoms with Crippen molar-refractivity contribution < 1.29 is 9.18 Å². The molecule has 1 saturated heterocycles. The zero-order chi connectivity index (χ0) is 16.9. The highest BCUT2D eigenvalue weighted by Gasteiger charge is 2.26. The van der Waals surface area contributed by atoms with Crippen molar-refractivity contribution in [3.8, 4) is 0 Å². The number of piperazine rings is 1. The van der Waals surface area contributed by atoms with E-state index in [0.29, 0.717) is 18.7 Å². The van der Waals surface area contributed by atoms with E-state index in [4.69, 9.17) is 0 Å².